The molecule has 0 spiro atoms. The lowest BCUT2D eigenvalue weighted by molar-refractivity contribution is -0.139. The molecule has 1 unspecified atom stereocenters. The van der Waals surface area contributed by atoms with Gasteiger partial charge in [0.1, 0.15) is 6.04 Å². The monoisotopic (exact) mass is 360 g/mol. The predicted octanol–water partition coefficient (Wildman–Crippen LogP) is 3.09. The van der Waals surface area contributed by atoms with E-state index in [9.17, 15) is 19.5 Å². The number of unbranched alkanes of at least 4 members (excludes halogenated alkanes) is 1. The smallest absolute Gasteiger partial charge is 0.326 e. The van der Waals surface area contributed by atoms with Gasteiger partial charge in [-0.25, -0.2) is 4.79 Å². The molecule has 2 amide bonds. The Labute approximate surface area is 155 Å². The van der Waals surface area contributed by atoms with Crippen LogP contribution in [0.2, 0.25) is 0 Å². The van der Waals surface area contributed by atoms with Crippen LogP contribution in [0, 0.1) is 0 Å². The first kappa shape index (κ1) is 21.4. The Balaban J connectivity index is 2.63. The van der Waals surface area contributed by atoms with Crippen molar-refractivity contribution < 1.29 is 19.5 Å². The van der Waals surface area contributed by atoms with Gasteiger partial charge in [0.25, 0.3) is 0 Å². The van der Waals surface area contributed by atoms with Gasteiger partial charge in [-0.3, -0.25) is 14.5 Å². The van der Waals surface area contributed by atoms with Crippen molar-refractivity contribution in [3.63, 3.8) is 0 Å². The Morgan fingerprint density at radius 1 is 1.12 bits per heavy atom. The number of carboxylic acid groups (broad SMARTS) is 1. The van der Waals surface area contributed by atoms with E-state index >= 15 is 0 Å². The lowest BCUT2D eigenvalue weighted by atomic mass is 10.1. The molecule has 0 fully saturated rings. The van der Waals surface area contributed by atoms with E-state index < -0.39 is 12.0 Å². The van der Waals surface area contributed by atoms with Gasteiger partial charge >= 0.3 is 5.97 Å². The summed E-state index contributed by atoms with van der Waals surface area (Å²) in [4.78, 5) is 38.8. The van der Waals surface area contributed by atoms with Crippen molar-refractivity contribution in [2.45, 2.75) is 46.1 Å². The zero-order valence-electron chi connectivity index (χ0n) is 15.7. The van der Waals surface area contributed by atoms with Crippen LogP contribution in [0.3, 0.4) is 0 Å². The number of rotatable bonds is 10. The van der Waals surface area contributed by atoms with Crippen molar-refractivity contribution >= 4 is 23.5 Å². The van der Waals surface area contributed by atoms with Crippen molar-refractivity contribution in [3.05, 3.63) is 42.5 Å². The minimum atomic E-state index is -1.05. The summed E-state index contributed by atoms with van der Waals surface area (Å²) in [5.74, 6) is -1.33. The Morgan fingerprint density at radius 2 is 1.73 bits per heavy atom. The summed E-state index contributed by atoms with van der Waals surface area (Å²) in [6.45, 7) is 6.68. The SMILES string of the molecule is CCN(CC)C(=O)/C=C\CCCC(=O)N(c1ccccc1)C(C)C(=O)O. The molecule has 1 aromatic rings. The molecule has 142 valence electrons. The van der Waals surface area contributed by atoms with Crippen molar-refractivity contribution in [2.24, 2.45) is 0 Å². The Morgan fingerprint density at radius 3 is 2.27 bits per heavy atom. The third-order valence-electron chi connectivity index (χ3n) is 4.14. The zero-order chi connectivity index (χ0) is 19.5. The zero-order valence-corrected chi connectivity index (χ0v) is 15.7. The van der Waals surface area contributed by atoms with Crippen LogP contribution in [0.1, 0.15) is 40.0 Å². The van der Waals surface area contributed by atoms with Crippen LogP contribution >= 0.6 is 0 Å². The lowest BCUT2D eigenvalue weighted by Crippen LogP contribution is -2.43. The molecule has 1 aromatic carbocycles. The molecule has 0 bridgehead atoms. The highest BCUT2D eigenvalue weighted by Gasteiger charge is 2.26. The highest BCUT2D eigenvalue weighted by Crippen LogP contribution is 2.19. The van der Waals surface area contributed by atoms with E-state index in [1.165, 1.54) is 17.9 Å². The van der Waals surface area contributed by atoms with Crippen LogP contribution in [0.15, 0.2) is 42.5 Å². The number of hydrogen-bond donors (Lipinski definition) is 1. The highest BCUT2D eigenvalue weighted by atomic mass is 16.4. The van der Waals surface area contributed by atoms with E-state index in [1.54, 1.807) is 35.2 Å². The van der Waals surface area contributed by atoms with Crippen LogP contribution in [-0.4, -0.2) is 46.9 Å². The number of hydrogen-bond acceptors (Lipinski definition) is 3. The second-order valence-corrected chi connectivity index (χ2v) is 5.92. The summed E-state index contributed by atoms with van der Waals surface area (Å²) in [5, 5.41) is 9.28. The summed E-state index contributed by atoms with van der Waals surface area (Å²) >= 11 is 0. The molecule has 0 aromatic heterocycles. The number of amides is 2. The van der Waals surface area contributed by atoms with Crippen LogP contribution in [0.4, 0.5) is 5.69 Å². The Bertz CT molecular complexity index is 624. The summed E-state index contributed by atoms with van der Waals surface area (Å²) in [5.41, 5.74) is 0.569. The lowest BCUT2D eigenvalue weighted by Gasteiger charge is -2.26. The van der Waals surface area contributed by atoms with Gasteiger partial charge in [-0.1, -0.05) is 24.3 Å². The maximum Gasteiger partial charge on any atom is 0.326 e. The summed E-state index contributed by atoms with van der Waals surface area (Å²) < 4.78 is 0. The minimum absolute atomic E-state index is 0.0354. The number of anilines is 1. The first-order chi connectivity index (χ1) is 12.4. The second kappa shape index (κ2) is 11.1. The normalized spacial score (nSPS) is 12.0. The van der Waals surface area contributed by atoms with Crippen LogP contribution in [0.25, 0.3) is 0 Å². The fourth-order valence-electron chi connectivity index (χ4n) is 2.60. The van der Waals surface area contributed by atoms with Gasteiger partial charge in [0.05, 0.1) is 0 Å². The highest BCUT2D eigenvalue weighted by molar-refractivity contribution is 5.98. The number of allylic oxidation sites excluding steroid dienone is 1. The average Bonchev–Trinajstić information content (AvgIpc) is 2.63. The number of carboxylic acids is 1. The molecule has 0 radical (unpaired) electrons. The predicted molar refractivity (Wildman–Crippen MR) is 102 cm³/mol. The van der Waals surface area contributed by atoms with E-state index in [-0.39, 0.29) is 18.2 Å². The molecule has 1 N–H and O–H groups in total. The first-order valence-corrected chi connectivity index (χ1v) is 8.97. The number of aliphatic carboxylic acids is 1. The van der Waals surface area contributed by atoms with E-state index in [4.69, 9.17) is 0 Å². The van der Waals surface area contributed by atoms with Gasteiger partial charge in [0.15, 0.2) is 0 Å². The number of carbonyl (C=O) groups excluding carboxylic acids is 2. The first-order valence-electron chi connectivity index (χ1n) is 8.97. The van der Waals surface area contributed by atoms with Gasteiger partial charge in [-0.15, -0.1) is 0 Å². The van der Waals surface area contributed by atoms with Crippen LogP contribution in [-0.2, 0) is 14.4 Å². The van der Waals surface area contributed by atoms with Crippen molar-refractivity contribution in [1.82, 2.24) is 4.90 Å². The second-order valence-electron chi connectivity index (χ2n) is 5.92. The van der Waals surface area contributed by atoms with Crippen molar-refractivity contribution in [3.8, 4) is 0 Å². The fraction of sp³-hybridized carbons (Fsp3) is 0.450. The molecule has 26 heavy (non-hydrogen) atoms. The Kier molecular flexibility index (Phi) is 9.12. The molecule has 1 rings (SSSR count). The average molecular weight is 360 g/mol. The number of benzene rings is 1. The topological polar surface area (TPSA) is 77.9 Å². The molecule has 1 atom stereocenters. The van der Waals surface area contributed by atoms with Crippen molar-refractivity contribution in [1.29, 1.82) is 0 Å². The maximum atomic E-state index is 12.6. The number of nitrogens with zero attached hydrogens (tertiary/aromatic N) is 2. The van der Waals surface area contributed by atoms with Gasteiger partial charge < -0.3 is 10.0 Å². The fourth-order valence-corrected chi connectivity index (χ4v) is 2.60. The van der Waals surface area contributed by atoms with Gasteiger partial charge in [0, 0.05) is 25.2 Å². The quantitative estimate of drug-likeness (QED) is 0.514. The van der Waals surface area contributed by atoms with E-state index in [0.717, 1.165) is 0 Å². The molecule has 0 aliphatic heterocycles. The van der Waals surface area contributed by atoms with E-state index in [1.807, 2.05) is 19.9 Å². The molecule has 0 aliphatic rings. The molecule has 6 heteroatoms. The van der Waals surface area contributed by atoms with Gasteiger partial charge in [-0.05, 0) is 51.8 Å². The number of likely N-dealkylation sites (N-methyl/N-ethyl adjacent to an activating group) is 1. The van der Waals surface area contributed by atoms with Crippen LogP contribution in [0.5, 0.6) is 0 Å². The van der Waals surface area contributed by atoms with Gasteiger partial charge in [-0.2, -0.15) is 0 Å². The van der Waals surface area contributed by atoms with E-state index in [0.29, 0.717) is 31.6 Å². The largest absolute Gasteiger partial charge is 0.480 e. The molecule has 0 saturated carbocycles. The number of carbonyl (C=O) groups is 3. The van der Waals surface area contributed by atoms with Crippen LogP contribution < -0.4 is 4.90 Å². The summed E-state index contributed by atoms with van der Waals surface area (Å²) in [6, 6.07) is 7.86. The molecule has 6 nitrogen and oxygen atoms in total. The standard InChI is InChI=1S/C20H28N2O4/c1-4-21(5-2)18(23)14-10-7-11-15-19(24)22(16(3)20(25)26)17-12-8-6-9-13-17/h6,8-10,12-14,16H,4-5,7,11,15H2,1-3H3,(H,25,26)/b14-10-. The minimum Gasteiger partial charge on any atom is -0.480 e. The summed E-state index contributed by atoms with van der Waals surface area (Å²) in [6.07, 6.45) is 4.66. The van der Waals surface area contributed by atoms with E-state index in [2.05, 4.69) is 0 Å². The third kappa shape index (κ3) is 6.35. The molecular formula is C20H28N2O4. The summed E-state index contributed by atoms with van der Waals surface area (Å²) in [7, 11) is 0. The molecule has 0 heterocycles. The van der Waals surface area contributed by atoms with Crippen molar-refractivity contribution in [2.75, 3.05) is 18.0 Å². The molecule has 0 saturated heterocycles. The molecule has 0 aliphatic carbocycles. The Hall–Kier alpha value is -2.63. The van der Waals surface area contributed by atoms with Gasteiger partial charge in [0.2, 0.25) is 11.8 Å². The molecular weight excluding hydrogens is 332 g/mol. The number of para-hydroxylation sites is 1. The third-order valence-corrected chi connectivity index (χ3v) is 4.14. The maximum absolute atomic E-state index is 12.6.